The van der Waals surface area contributed by atoms with Crippen LogP contribution >= 0.6 is 11.8 Å². The number of thioether (sulfide) groups is 1. The number of ketones is 1. The van der Waals surface area contributed by atoms with Crippen LogP contribution in [0.3, 0.4) is 0 Å². The molecule has 1 rings (SSSR count). The number of hydrazone groups is 1. The minimum atomic E-state index is -0.102. The predicted octanol–water partition coefficient (Wildman–Crippen LogP) is 5.86. The van der Waals surface area contributed by atoms with Crippen LogP contribution in [0.5, 0.6) is 5.75 Å². The molecule has 5 nitrogen and oxygen atoms in total. The molecule has 0 fully saturated rings. The van der Waals surface area contributed by atoms with Gasteiger partial charge in [-0.05, 0) is 56.4 Å². The van der Waals surface area contributed by atoms with Gasteiger partial charge in [-0.25, -0.2) is 5.43 Å². The van der Waals surface area contributed by atoms with Crippen molar-refractivity contribution in [2.24, 2.45) is 5.10 Å². The van der Waals surface area contributed by atoms with Gasteiger partial charge in [-0.2, -0.15) is 16.9 Å². The van der Waals surface area contributed by atoms with Crippen LogP contribution in [-0.4, -0.2) is 35.0 Å². The number of Topliss-reactive ketones (excluding diaryl/α,β-unsaturated/α-hetero) is 1. The van der Waals surface area contributed by atoms with Crippen LogP contribution in [0.25, 0.3) is 0 Å². The molecule has 1 aromatic rings. The molecule has 6 heteroatoms. The smallest absolute Gasteiger partial charge is 0.241 e. The Bertz CT molecular complexity index is 611. The van der Waals surface area contributed by atoms with E-state index in [1.54, 1.807) is 18.7 Å². The molecule has 0 bridgehead atoms. The van der Waals surface area contributed by atoms with Crippen molar-refractivity contribution in [1.29, 1.82) is 0 Å². The summed E-state index contributed by atoms with van der Waals surface area (Å²) >= 11 is 1.66. The van der Waals surface area contributed by atoms with E-state index in [9.17, 15) is 9.59 Å². The Morgan fingerprint density at radius 2 is 1.62 bits per heavy atom. The lowest BCUT2D eigenvalue weighted by atomic mass is 10.1. The number of amides is 1. The Morgan fingerprint density at radius 1 is 1.07 bits per heavy atom. The molecule has 0 aliphatic carbocycles. The van der Waals surface area contributed by atoms with Crippen molar-refractivity contribution >= 4 is 29.2 Å². The zero-order chi connectivity index (χ0) is 22.9. The van der Waals surface area contributed by atoms with Gasteiger partial charge >= 0.3 is 0 Å². The van der Waals surface area contributed by atoms with E-state index in [1.807, 2.05) is 79.0 Å². The summed E-state index contributed by atoms with van der Waals surface area (Å²) < 4.78 is 5.49. The number of nitrogens with zero attached hydrogens (tertiary/aromatic N) is 1. The van der Waals surface area contributed by atoms with Crippen LogP contribution in [-0.2, 0) is 9.59 Å². The fourth-order valence-electron chi connectivity index (χ4n) is 2.01. The highest BCUT2D eigenvalue weighted by Gasteiger charge is 2.20. The Labute approximate surface area is 182 Å². The van der Waals surface area contributed by atoms with Gasteiger partial charge < -0.3 is 9.53 Å². The Morgan fingerprint density at radius 3 is 2.10 bits per heavy atom. The minimum Gasteiger partial charge on any atom is -0.494 e. The zero-order valence-electron chi connectivity index (χ0n) is 19.7. The second-order valence-corrected chi connectivity index (χ2v) is 8.06. The first kappa shape index (κ1) is 29.4. The van der Waals surface area contributed by atoms with Crippen LogP contribution < -0.4 is 10.2 Å². The van der Waals surface area contributed by atoms with E-state index in [1.165, 1.54) is 0 Å². The number of benzene rings is 1. The summed E-state index contributed by atoms with van der Waals surface area (Å²) in [5, 5.41) is 4.17. The fraction of sp³-hybridized carbons (Fsp3) is 0.609. The first-order valence-electron chi connectivity index (χ1n) is 10.3. The second kappa shape index (κ2) is 17.1. The lowest BCUT2D eigenvalue weighted by molar-refractivity contribution is -0.121. The maximum atomic E-state index is 11.9. The molecule has 0 aromatic heterocycles. The average molecular weight is 425 g/mol. The van der Waals surface area contributed by atoms with Crippen molar-refractivity contribution in [2.45, 2.75) is 79.4 Å². The van der Waals surface area contributed by atoms with Gasteiger partial charge in [0.25, 0.3) is 0 Å². The number of rotatable bonds is 10. The maximum absolute atomic E-state index is 11.9. The SMILES string of the molecule is CC.CC.CSC(C)(C)CC(=O)N/N=C(\C)c1ccc(OCCCC(C)=O)cc1. The van der Waals surface area contributed by atoms with E-state index in [0.717, 1.165) is 23.4 Å². The number of carbonyl (C=O) groups is 2. The molecule has 0 atom stereocenters. The average Bonchev–Trinajstić information content (AvgIpc) is 2.72. The summed E-state index contributed by atoms with van der Waals surface area (Å²) in [6.45, 7) is 16.0. The largest absolute Gasteiger partial charge is 0.494 e. The molecular formula is C23H40N2O3S. The third kappa shape index (κ3) is 14.8. The van der Waals surface area contributed by atoms with Crippen molar-refractivity contribution in [2.75, 3.05) is 12.9 Å². The highest BCUT2D eigenvalue weighted by molar-refractivity contribution is 7.99. The third-order valence-electron chi connectivity index (χ3n) is 3.70. The molecule has 0 unspecified atom stereocenters. The van der Waals surface area contributed by atoms with Gasteiger partial charge in [-0.1, -0.05) is 41.5 Å². The van der Waals surface area contributed by atoms with E-state index >= 15 is 0 Å². The van der Waals surface area contributed by atoms with E-state index in [4.69, 9.17) is 4.74 Å². The highest BCUT2D eigenvalue weighted by atomic mass is 32.2. The summed E-state index contributed by atoms with van der Waals surface area (Å²) in [6, 6.07) is 7.52. The molecule has 1 amide bonds. The second-order valence-electron chi connectivity index (χ2n) is 6.55. The Hall–Kier alpha value is -1.82. The van der Waals surface area contributed by atoms with E-state index in [0.29, 0.717) is 19.4 Å². The molecule has 0 radical (unpaired) electrons. The summed E-state index contributed by atoms with van der Waals surface area (Å²) in [4.78, 5) is 22.8. The summed E-state index contributed by atoms with van der Waals surface area (Å²) in [5.74, 6) is 0.837. The predicted molar refractivity (Wildman–Crippen MR) is 127 cm³/mol. The number of carbonyl (C=O) groups excluding carboxylic acids is 2. The number of hydrogen-bond donors (Lipinski definition) is 1. The van der Waals surface area contributed by atoms with Crippen LogP contribution in [0, 0.1) is 0 Å². The van der Waals surface area contributed by atoms with Crippen molar-refractivity contribution in [3.8, 4) is 5.75 Å². The van der Waals surface area contributed by atoms with Gasteiger partial charge in [0.1, 0.15) is 11.5 Å². The van der Waals surface area contributed by atoms with Crippen molar-refractivity contribution in [1.82, 2.24) is 5.43 Å². The standard InChI is InChI=1S/C19H28N2O3S.2C2H6/c1-14(22)7-6-12-24-17-10-8-16(9-11-17)15(2)20-21-18(23)13-19(3,4)25-5;2*1-2/h8-11H,6-7,12-13H2,1-5H3,(H,21,23);2*1-2H3/b20-15+;;. The van der Waals surface area contributed by atoms with Gasteiger partial charge in [0.2, 0.25) is 5.91 Å². The highest BCUT2D eigenvalue weighted by Crippen LogP contribution is 2.24. The normalized spacial score (nSPS) is 10.7. The van der Waals surface area contributed by atoms with Gasteiger partial charge in [-0.15, -0.1) is 0 Å². The molecule has 0 spiro atoms. The first-order valence-corrected chi connectivity index (χ1v) is 11.6. The molecule has 0 saturated carbocycles. The van der Waals surface area contributed by atoms with E-state index < -0.39 is 0 Å². The molecular weight excluding hydrogens is 384 g/mol. The summed E-state index contributed by atoms with van der Waals surface area (Å²) in [5.41, 5.74) is 4.26. The molecule has 1 aromatic carbocycles. The zero-order valence-corrected chi connectivity index (χ0v) is 20.5. The first-order chi connectivity index (χ1) is 13.7. The maximum Gasteiger partial charge on any atom is 0.241 e. The molecule has 0 aliphatic rings. The van der Waals surface area contributed by atoms with Crippen molar-refractivity contribution < 1.29 is 14.3 Å². The lowest BCUT2D eigenvalue weighted by Crippen LogP contribution is -2.27. The van der Waals surface area contributed by atoms with Crippen LogP contribution in [0.1, 0.15) is 80.2 Å². The van der Waals surface area contributed by atoms with Crippen LogP contribution in [0.2, 0.25) is 0 Å². The van der Waals surface area contributed by atoms with Gasteiger partial charge in [-0.3, -0.25) is 4.79 Å². The quantitative estimate of drug-likeness (QED) is 0.290. The Kier molecular flexibility index (Phi) is 17.3. The molecule has 1 N–H and O–H groups in total. The number of nitrogens with one attached hydrogen (secondary N) is 1. The summed E-state index contributed by atoms with van der Waals surface area (Å²) in [7, 11) is 0. The fourth-order valence-corrected chi connectivity index (χ4v) is 2.29. The molecule has 0 heterocycles. The van der Waals surface area contributed by atoms with Gasteiger partial charge in [0.15, 0.2) is 0 Å². The monoisotopic (exact) mass is 424 g/mol. The molecule has 166 valence electrons. The topological polar surface area (TPSA) is 67.8 Å². The van der Waals surface area contributed by atoms with Crippen molar-refractivity contribution in [3.05, 3.63) is 29.8 Å². The minimum absolute atomic E-state index is 0.0934. The molecule has 0 saturated heterocycles. The Balaban J connectivity index is 0. The van der Waals surface area contributed by atoms with Gasteiger partial charge in [0, 0.05) is 17.6 Å². The molecule has 0 aliphatic heterocycles. The van der Waals surface area contributed by atoms with E-state index in [-0.39, 0.29) is 16.4 Å². The lowest BCUT2D eigenvalue weighted by Gasteiger charge is -2.20. The number of ether oxygens (including phenoxy) is 1. The molecule has 29 heavy (non-hydrogen) atoms. The van der Waals surface area contributed by atoms with Gasteiger partial charge in [0.05, 0.1) is 12.3 Å². The van der Waals surface area contributed by atoms with E-state index in [2.05, 4.69) is 10.5 Å². The van der Waals surface area contributed by atoms with Crippen LogP contribution in [0.4, 0.5) is 0 Å². The third-order valence-corrected chi connectivity index (χ3v) is 4.95. The number of hydrogen-bond acceptors (Lipinski definition) is 5. The van der Waals surface area contributed by atoms with Crippen molar-refractivity contribution in [3.63, 3.8) is 0 Å². The van der Waals surface area contributed by atoms with Crippen LogP contribution in [0.15, 0.2) is 29.4 Å². The summed E-state index contributed by atoms with van der Waals surface area (Å²) in [6.07, 6.45) is 3.66.